The van der Waals surface area contributed by atoms with Gasteiger partial charge in [0.2, 0.25) is 0 Å². The van der Waals surface area contributed by atoms with Crippen molar-refractivity contribution < 1.29 is 9.53 Å². The van der Waals surface area contributed by atoms with Crippen LogP contribution in [0.3, 0.4) is 0 Å². The molecule has 2 aromatic carbocycles. The van der Waals surface area contributed by atoms with Crippen LogP contribution in [-0.4, -0.2) is 13.0 Å². The lowest BCUT2D eigenvalue weighted by molar-refractivity contribution is -0.112. The predicted octanol–water partition coefficient (Wildman–Crippen LogP) is 4.73. The van der Waals surface area contributed by atoms with Crippen molar-refractivity contribution in [3.8, 4) is 11.8 Å². The summed E-state index contributed by atoms with van der Waals surface area (Å²) >= 11 is 3.34. The second kappa shape index (κ2) is 8.86. The number of hydrogen-bond acceptors (Lipinski definition) is 3. The van der Waals surface area contributed by atoms with Crippen molar-refractivity contribution in [3.05, 3.63) is 76.3 Å². The molecule has 0 saturated carbocycles. The van der Waals surface area contributed by atoms with Gasteiger partial charge in [0.1, 0.15) is 17.4 Å². The quantitative estimate of drug-likeness (QED) is 0.436. The van der Waals surface area contributed by atoms with E-state index in [9.17, 15) is 10.1 Å². The first-order chi connectivity index (χ1) is 12.1. The highest BCUT2D eigenvalue weighted by atomic mass is 79.9. The van der Waals surface area contributed by atoms with Crippen LogP contribution in [0.4, 0.5) is 5.69 Å². The van der Waals surface area contributed by atoms with Gasteiger partial charge < -0.3 is 10.1 Å². The highest BCUT2D eigenvalue weighted by Crippen LogP contribution is 2.22. The number of nitriles is 1. The molecule has 0 atom stereocenters. The Morgan fingerprint density at radius 1 is 1.32 bits per heavy atom. The van der Waals surface area contributed by atoms with E-state index in [-0.39, 0.29) is 5.57 Å². The van der Waals surface area contributed by atoms with E-state index >= 15 is 0 Å². The van der Waals surface area contributed by atoms with E-state index in [0.717, 1.165) is 21.3 Å². The fraction of sp³-hybridized carbons (Fsp3) is 0.100. The lowest BCUT2D eigenvalue weighted by atomic mass is 10.0. The van der Waals surface area contributed by atoms with E-state index < -0.39 is 5.91 Å². The highest BCUT2D eigenvalue weighted by Gasteiger charge is 2.10. The minimum absolute atomic E-state index is 0.0256. The van der Waals surface area contributed by atoms with Crippen LogP contribution in [-0.2, 0) is 11.2 Å². The van der Waals surface area contributed by atoms with Gasteiger partial charge in [0.05, 0.1) is 7.11 Å². The number of anilines is 1. The topological polar surface area (TPSA) is 62.1 Å². The Bertz CT molecular complexity index is 849. The Morgan fingerprint density at radius 2 is 2.04 bits per heavy atom. The average molecular weight is 397 g/mol. The zero-order chi connectivity index (χ0) is 18.2. The van der Waals surface area contributed by atoms with Crippen LogP contribution in [0.2, 0.25) is 0 Å². The molecule has 25 heavy (non-hydrogen) atoms. The predicted molar refractivity (Wildman–Crippen MR) is 103 cm³/mol. The lowest BCUT2D eigenvalue weighted by Gasteiger charge is -2.08. The summed E-state index contributed by atoms with van der Waals surface area (Å²) in [5, 5.41) is 12.0. The zero-order valence-electron chi connectivity index (χ0n) is 13.8. The van der Waals surface area contributed by atoms with Crippen LogP contribution in [0, 0.1) is 11.3 Å². The van der Waals surface area contributed by atoms with Gasteiger partial charge in [-0.25, -0.2) is 0 Å². The van der Waals surface area contributed by atoms with Crippen molar-refractivity contribution in [3.63, 3.8) is 0 Å². The first-order valence-electron chi connectivity index (χ1n) is 7.54. The van der Waals surface area contributed by atoms with Gasteiger partial charge in [-0.3, -0.25) is 4.79 Å². The molecule has 0 heterocycles. The van der Waals surface area contributed by atoms with Crippen molar-refractivity contribution >= 4 is 33.6 Å². The third-order valence-electron chi connectivity index (χ3n) is 3.45. The van der Waals surface area contributed by atoms with Gasteiger partial charge in [0, 0.05) is 10.2 Å². The molecular weight excluding hydrogens is 380 g/mol. The molecule has 0 spiro atoms. The zero-order valence-corrected chi connectivity index (χ0v) is 15.3. The van der Waals surface area contributed by atoms with Crippen molar-refractivity contribution in [2.24, 2.45) is 0 Å². The SMILES string of the molecule is C=CCc1cc(/C=C(/C#N)C(=O)Nc2ccc(Br)cc2)ccc1OC. The summed E-state index contributed by atoms with van der Waals surface area (Å²) in [7, 11) is 1.60. The second-order valence-corrected chi connectivity index (χ2v) is 6.11. The molecule has 2 rings (SSSR count). The van der Waals surface area contributed by atoms with Gasteiger partial charge in [0.15, 0.2) is 0 Å². The second-order valence-electron chi connectivity index (χ2n) is 5.19. The summed E-state index contributed by atoms with van der Waals surface area (Å²) in [6, 6.07) is 14.6. The van der Waals surface area contributed by atoms with Crippen molar-refractivity contribution in [1.29, 1.82) is 5.26 Å². The molecule has 1 amide bonds. The van der Waals surface area contributed by atoms with Crippen molar-refractivity contribution in [2.45, 2.75) is 6.42 Å². The minimum atomic E-state index is -0.453. The van der Waals surface area contributed by atoms with Gasteiger partial charge in [-0.1, -0.05) is 28.1 Å². The van der Waals surface area contributed by atoms with Gasteiger partial charge in [-0.05, 0) is 60.0 Å². The van der Waals surface area contributed by atoms with Crippen LogP contribution in [0.5, 0.6) is 5.75 Å². The molecule has 0 aliphatic rings. The van der Waals surface area contributed by atoms with Gasteiger partial charge >= 0.3 is 0 Å². The molecule has 0 aromatic heterocycles. The molecule has 0 unspecified atom stereocenters. The molecular formula is C20H17BrN2O2. The van der Waals surface area contributed by atoms with Crippen LogP contribution >= 0.6 is 15.9 Å². The number of hydrogen-bond donors (Lipinski definition) is 1. The van der Waals surface area contributed by atoms with Crippen molar-refractivity contribution in [1.82, 2.24) is 0 Å². The minimum Gasteiger partial charge on any atom is -0.496 e. The molecule has 0 saturated heterocycles. The van der Waals surface area contributed by atoms with Gasteiger partial charge in [-0.15, -0.1) is 6.58 Å². The molecule has 0 aliphatic heterocycles. The number of allylic oxidation sites excluding steroid dienone is 1. The first kappa shape index (κ1) is 18.5. The third-order valence-corrected chi connectivity index (χ3v) is 3.98. The third kappa shape index (κ3) is 5.07. The number of halogens is 1. The molecule has 2 aromatic rings. The Morgan fingerprint density at radius 3 is 2.64 bits per heavy atom. The summed E-state index contributed by atoms with van der Waals surface area (Å²) in [5.74, 6) is 0.292. The van der Waals surface area contributed by atoms with E-state index in [4.69, 9.17) is 4.74 Å². The van der Waals surface area contributed by atoms with Crippen LogP contribution in [0.1, 0.15) is 11.1 Å². The number of nitrogens with zero attached hydrogens (tertiary/aromatic N) is 1. The van der Waals surface area contributed by atoms with Crippen LogP contribution in [0.25, 0.3) is 6.08 Å². The number of rotatable bonds is 6. The number of carbonyl (C=O) groups excluding carboxylic acids is 1. The Balaban J connectivity index is 2.25. The molecule has 0 radical (unpaired) electrons. The number of amides is 1. The van der Waals surface area contributed by atoms with E-state index in [1.165, 1.54) is 0 Å². The number of nitrogens with one attached hydrogen (secondary N) is 1. The number of ether oxygens (including phenoxy) is 1. The lowest BCUT2D eigenvalue weighted by Crippen LogP contribution is -2.13. The number of methoxy groups -OCH3 is 1. The molecule has 4 nitrogen and oxygen atoms in total. The summed E-state index contributed by atoms with van der Waals surface area (Å²) in [6.07, 6.45) is 3.97. The molecule has 0 aliphatic carbocycles. The standard InChI is InChI=1S/C20H17BrN2O2/c1-3-4-15-11-14(5-10-19(15)25-2)12-16(13-22)20(24)23-18-8-6-17(21)7-9-18/h3,5-12H,1,4H2,2H3,(H,23,24)/b16-12-. The summed E-state index contributed by atoms with van der Waals surface area (Å²) < 4.78 is 6.22. The van der Waals surface area contributed by atoms with E-state index in [0.29, 0.717) is 12.1 Å². The summed E-state index contributed by atoms with van der Waals surface area (Å²) in [4.78, 5) is 12.3. The molecule has 0 fully saturated rings. The smallest absolute Gasteiger partial charge is 0.266 e. The van der Waals surface area contributed by atoms with Crippen LogP contribution in [0.15, 0.2) is 65.2 Å². The molecule has 1 N–H and O–H groups in total. The first-order valence-corrected chi connectivity index (χ1v) is 8.33. The maximum Gasteiger partial charge on any atom is 0.266 e. The van der Waals surface area contributed by atoms with Gasteiger partial charge in [0.25, 0.3) is 5.91 Å². The number of carbonyl (C=O) groups is 1. The largest absolute Gasteiger partial charge is 0.496 e. The maximum atomic E-state index is 12.3. The molecule has 126 valence electrons. The fourth-order valence-electron chi connectivity index (χ4n) is 2.25. The summed E-state index contributed by atoms with van der Waals surface area (Å²) in [5.41, 5.74) is 2.34. The van der Waals surface area contributed by atoms with E-state index in [1.54, 1.807) is 37.5 Å². The van der Waals surface area contributed by atoms with E-state index in [2.05, 4.69) is 27.8 Å². The summed E-state index contributed by atoms with van der Waals surface area (Å²) in [6.45, 7) is 3.73. The molecule has 5 heteroatoms. The molecule has 0 bridgehead atoms. The van der Waals surface area contributed by atoms with Gasteiger partial charge in [-0.2, -0.15) is 5.26 Å². The maximum absolute atomic E-state index is 12.3. The fourth-order valence-corrected chi connectivity index (χ4v) is 2.51. The number of benzene rings is 2. The Hall–Kier alpha value is -2.84. The normalized spacial score (nSPS) is 10.7. The van der Waals surface area contributed by atoms with Crippen molar-refractivity contribution in [2.75, 3.05) is 12.4 Å². The highest BCUT2D eigenvalue weighted by molar-refractivity contribution is 9.10. The average Bonchev–Trinajstić information content (AvgIpc) is 2.62. The van der Waals surface area contributed by atoms with E-state index in [1.807, 2.05) is 30.3 Å². The van der Waals surface area contributed by atoms with Crippen LogP contribution < -0.4 is 10.1 Å². The Kier molecular flexibility index (Phi) is 6.55. The Labute approximate surface area is 155 Å². The monoisotopic (exact) mass is 396 g/mol.